The number of esters is 1. The highest BCUT2D eigenvalue weighted by Gasteiger charge is 2.38. The third kappa shape index (κ3) is 2.19. The molecule has 2 atom stereocenters. The molecule has 2 heterocycles. The van der Waals surface area contributed by atoms with Crippen molar-refractivity contribution in [3.05, 3.63) is 29.8 Å². The lowest BCUT2D eigenvalue weighted by molar-refractivity contribution is -0.140. The van der Waals surface area contributed by atoms with Gasteiger partial charge in [0, 0.05) is 12.8 Å². The number of cyclic esters (lactones) is 1. The predicted molar refractivity (Wildman–Crippen MR) is 78.9 cm³/mol. The van der Waals surface area contributed by atoms with Crippen LogP contribution >= 0.6 is 0 Å². The van der Waals surface area contributed by atoms with E-state index in [0.29, 0.717) is 18.1 Å². The van der Waals surface area contributed by atoms with Crippen molar-refractivity contribution in [3.63, 3.8) is 0 Å². The Bertz CT molecular complexity index is 565. The number of nitrogens with zero attached hydrogens (tertiary/aromatic N) is 2. The van der Waals surface area contributed by atoms with Crippen molar-refractivity contribution in [2.75, 3.05) is 5.01 Å². The summed E-state index contributed by atoms with van der Waals surface area (Å²) < 4.78 is 5.56. The summed E-state index contributed by atoms with van der Waals surface area (Å²) >= 11 is 0. The van der Waals surface area contributed by atoms with E-state index >= 15 is 0 Å². The summed E-state index contributed by atoms with van der Waals surface area (Å²) in [5, 5.41) is 6.61. The van der Waals surface area contributed by atoms with Crippen molar-refractivity contribution < 1.29 is 9.53 Å². The van der Waals surface area contributed by atoms with Gasteiger partial charge in [0.2, 0.25) is 0 Å². The Hall–Kier alpha value is -1.84. The first-order valence-electron chi connectivity index (χ1n) is 7.22. The van der Waals surface area contributed by atoms with E-state index in [1.165, 1.54) is 5.56 Å². The lowest BCUT2D eigenvalue weighted by atomic mass is 10.1. The first-order valence-corrected chi connectivity index (χ1v) is 7.22. The number of fused-ring (bicyclic) bond motifs is 3. The second kappa shape index (κ2) is 4.93. The molecule has 0 unspecified atom stereocenters. The molecule has 20 heavy (non-hydrogen) atoms. The van der Waals surface area contributed by atoms with Gasteiger partial charge in [-0.05, 0) is 24.5 Å². The molecule has 0 amide bonds. The smallest absolute Gasteiger partial charge is 0.354 e. The van der Waals surface area contributed by atoms with E-state index in [0.717, 1.165) is 12.1 Å². The topological polar surface area (TPSA) is 41.9 Å². The normalized spacial score (nSPS) is 24.9. The quantitative estimate of drug-likeness (QED) is 0.777. The highest BCUT2D eigenvalue weighted by molar-refractivity contribution is 6.36. The van der Waals surface area contributed by atoms with Gasteiger partial charge in [0.15, 0.2) is 0 Å². The minimum Gasteiger partial charge on any atom is -0.456 e. The molecular weight excluding hydrogens is 252 g/mol. The van der Waals surface area contributed by atoms with Crippen LogP contribution in [-0.2, 0) is 16.0 Å². The highest BCUT2D eigenvalue weighted by Crippen LogP contribution is 2.35. The molecule has 3 rings (SSSR count). The molecule has 2 aliphatic rings. The molecule has 1 aromatic carbocycles. The van der Waals surface area contributed by atoms with Gasteiger partial charge in [0.25, 0.3) is 0 Å². The fourth-order valence-electron chi connectivity index (χ4n) is 2.89. The summed E-state index contributed by atoms with van der Waals surface area (Å²) in [4.78, 5) is 12.1. The second-order valence-electron chi connectivity index (χ2n) is 6.00. The molecule has 0 spiro atoms. The number of anilines is 1. The molecule has 0 bridgehead atoms. The SMILES string of the molecule is CC(C)CC1=NN2c3ccccc3C[C@H]2[C@@H](C)OC1=O. The van der Waals surface area contributed by atoms with Crippen LogP contribution < -0.4 is 5.01 Å². The molecule has 0 fully saturated rings. The highest BCUT2D eigenvalue weighted by atomic mass is 16.5. The third-order valence-electron chi connectivity index (χ3n) is 3.88. The Morgan fingerprint density at radius 1 is 1.40 bits per heavy atom. The summed E-state index contributed by atoms with van der Waals surface area (Å²) in [7, 11) is 0. The van der Waals surface area contributed by atoms with Crippen molar-refractivity contribution in [1.29, 1.82) is 0 Å². The zero-order chi connectivity index (χ0) is 14.3. The van der Waals surface area contributed by atoms with Crippen molar-refractivity contribution in [2.45, 2.75) is 45.8 Å². The van der Waals surface area contributed by atoms with Gasteiger partial charge in [-0.2, -0.15) is 5.10 Å². The largest absolute Gasteiger partial charge is 0.456 e. The summed E-state index contributed by atoms with van der Waals surface area (Å²) in [6.45, 7) is 6.12. The zero-order valence-electron chi connectivity index (χ0n) is 12.2. The maximum Gasteiger partial charge on any atom is 0.354 e. The first-order chi connectivity index (χ1) is 9.56. The summed E-state index contributed by atoms with van der Waals surface area (Å²) in [6, 6.07) is 8.35. The van der Waals surface area contributed by atoms with E-state index in [1.54, 1.807) is 0 Å². The molecule has 1 aromatic rings. The molecule has 0 aromatic heterocycles. The molecule has 2 aliphatic heterocycles. The molecule has 0 N–H and O–H groups in total. The number of para-hydroxylation sites is 1. The van der Waals surface area contributed by atoms with Gasteiger partial charge in [0.1, 0.15) is 11.8 Å². The van der Waals surface area contributed by atoms with Crippen molar-refractivity contribution >= 4 is 17.4 Å². The van der Waals surface area contributed by atoms with Crippen LogP contribution in [0.3, 0.4) is 0 Å². The molecule has 106 valence electrons. The second-order valence-corrected chi connectivity index (χ2v) is 6.00. The Kier molecular flexibility index (Phi) is 3.24. The lowest BCUT2D eigenvalue weighted by Gasteiger charge is -2.24. The summed E-state index contributed by atoms with van der Waals surface area (Å²) in [5.41, 5.74) is 2.91. The van der Waals surface area contributed by atoms with Gasteiger partial charge in [-0.15, -0.1) is 0 Å². The van der Waals surface area contributed by atoms with Crippen molar-refractivity contribution in [3.8, 4) is 0 Å². The molecule has 0 radical (unpaired) electrons. The number of hydrazone groups is 1. The van der Waals surface area contributed by atoms with Crippen molar-refractivity contribution in [2.24, 2.45) is 11.0 Å². The van der Waals surface area contributed by atoms with Gasteiger partial charge < -0.3 is 4.74 Å². The van der Waals surface area contributed by atoms with Crippen LogP contribution in [0, 0.1) is 5.92 Å². The van der Waals surface area contributed by atoms with E-state index in [1.807, 2.05) is 24.1 Å². The number of carbonyl (C=O) groups is 1. The minimum absolute atomic E-state index is 0.112. The number of hydrogen-bond acceptors (Lipinski definition) is 4. The van der Waals surface area contributed by atoms with Crippen LogP contribution in [0.2, 0.25) is 0 Å². The molecule has 0 saturated heterocycles. The summed E-state index contributed by atoms with van der Waals surface area (Å²) in [6.07, 6.45) is 1.38. The molecular formula is C16H20N2O2. The van der Waals surface area contributed by atoms with Gasteiger partial charge in [-0.3, -0.25) is 5.01 Å². The molecule has 0 aliphatic carbocycles. The number of rotatable bonds is 2. The Balaban J connectivity index is 2.02. The van der Waals surface area contributed by atoms with Gasteiger partial charge in [-0.1, -0.05) is 32.0 Å². The average molecular weight is 272 g/mol. The third-order valence-corrected chi connectivity index (χ3v) is 3.88. The van der Waals surface area contributed by atoms with E-state index < -0.39 is 0 Å². The van der Waals surface area contributed by atoms with Crippen LogP contribution in [0.1, 0.15) is 32.8 Å². The standard InChI is InChI=1S/C16H20N2O2/c1-10(2)8-13-16(19)20-11(3)15-9-12-6-4-5-7-14(12)18(15)17-13/h4-7,10-11,15H,8-9H2,1-3H3/t11-,15+/m1/s1. The number of hydrogen-bond donors (Lipinski definition) is 0. The Morgan fingerprint density at radius 3 is 2.90 bits per heavy atom. The predicted octanol–water partition coefficient (Wildman–Crippen LogP) is 2.77. The van der Waals surface area contributed by atoms with Crippen LogP contribution in [0.15, 0.2) is 29.4 Å². The fourth-order valence-corrected chi connectivity index (χ4v) is 2.89. The Labute approximate surface area is 119 Å². The van der Waals surface area contributed by atoms with Gasteiger partial charge in [0.05, 0.1) is 11.7 Å². The van der Waals surface area contributed by atoms with Gasteiger partial charge >= 0.3 is 5.97 Å². The molecule has 0 saturated carbocycles. The van der Waals surface area contributed by atoms with Crippen LogP contribution in [-0.4, -0.2) is 23.8 Å². The Morgan fingerprint density at radius 2 is 2.15 bits per heavy atom. The minimum atomic E-state index is -0.266. The van der Waals surface area contributed by atoms with E-state index in [2.05, 4.69) is 31.1 Å². The maximum absolute atomic E-state index is 12.1. The zero-order valence-corrected chi connectivity index (χ0v) is 12.2. The molecule has 4 nitrogen and oxygen atoms in total. The van der Waals surface area contributed by atoms with Crippen LogP contribution in [0.5, 0.6) is 0 Å². The van der Waals surface area contributed by atoms with Gasteiger partial charge in [-0.25, -0.2) is 4.79 Å². The lowest BCUT2D eigenvalue weighted by Crippen LogP contribution is -2.37. The average Bonchev–Trinajstić information content (AvgIpc) is 2.71. The van der Waals surface area contributed by atoms with Crippen molar-refractivity contribution in [1.82, 2.24) is 0 Å². The number of carbonyl (C=O) groups excluding carboxylic acids is 1. The molecule has 4 heteroatoms. The fraction of sp³-hybridized carbons (Fsp3) is 0.500. The van der Waals surface area contributed by atoms with E-state index in [4.69, 9.17) is 4.74 Å². The van der Waals surface area contributed by atoms with E-state index in [9.17, 15) is 4.79 Å². The van der Waals surface area contributed by atoms with Crippen LogP contribution in [0.4, 0.5) is 5.69 Å². The maximum atomic E-state index is 12.1. The first kappa shape index (κ1) is 13.2. The number of benzene rings is 1. The van der Waals surface area contributed by atoms with Crippen LogP contribution in [0.25, 0.3) is 0 Å². The monoisotopic (exact) mass is 272 g/mol. The number of ether oxygens (including phenoxy) is 1. The summed E-state index contributed by atoms with van der Waals surface area (Å²) in [5.74, 6) is 0.115. The van der Waals surface area contributed by atoms with E-state index in [-0.39, 0.29) is 18.1 Å².